The van der Waals surface area contributed by atoms with Gasteiger partial charge in [-0.3, -0.25) is 5.41 Å². The van der Waals surface area contributed by atoms with Gasteiger partial charge in [0.25, 0.3) is 0 Å². The van der Waals surface area contributed by atoms with Gasteiger partial charge in [-0.15, -0.1) is 0 Å². The summed E-state index contributed by atoms with van der Waals surface area (Å²) in [5.41, 5.74) is 8.00. The first-order valence-corrected chi connectivity index (χ1v) is 10.3. The van der Waals surface area contributed by atoms with E-state index in [2.05, 4.69) is 25.4 Å². The number of nitrogens with two attached hydrogens (primary N) is 1. The van der Waals surface area contributed by atoms with Crippen molar-refractivity contribution in [1.29, 1.82) is 5.41 Å². The number of aromatic nitrogens is 2. The summed E-state index contributed by atoms with van der Waals surface area (Å²) >= 11 is 1.76. The summed E-state index contributed by atoms with van der Waals surface area (Å²) in [5, 5.41) is 8.61. The van der Waals surface area contributed by atoms with Crippen LogP contribution >= 0.6 is 11.9 Å². The van der Waals surface area contributed by atoms with Crippen molar-refractivity contribution in [3.63, 3.8) is 0 Å². The normalized spacial score (nSPS) is 14.9. The molecule has 0 amide bonds. The number of ether oxygens (including phenoxy) is 2. The Bertz CT molecular complexity index is 811. The molecule has 1 aromatic carbocycles. The van der Waals surface area contributed by atoms with Crippen LogP contribution in [-0.4, -0.2) is 72.7 Å². The summed E-state index contributed by atoms with van der Waals surface area (Å²) in [7, 11) is 1.63. The van der Waals surface area contributed by atoms with Crippen LogP contribution in [0.3, 0.4) is 0 Å². The topological polar surface area (TPSA) is 101 Å². The molecular formula is C19H26N6O2S. The van der Waals surface area contributed by atoms with E-state index in [4.69, 9.17) is 20.6 Å². The number of methoxy groups -OCH3 is 1. The van der Waals surface area contributed by atoms with Crippen LogP contribution in [-0.2, 0) is 4.74 Å². The molecule has 1 saturated heterocycles. The molecule has 0 aliphatic carbocycles. The summed E-state index contributed by atoms with van der Waals surface area (Å²) in [6, 6.07) is 7.16. The van der Waals surface area contributed by atoms with E-state index in [0.717, 1.165) is 32.0 Å². The molecule has 28 heavy (non-hydrogen) atoms. The van der Waals surface area contributed by atoms with Crippen molar-refractivity contribution in [2.45, 2.75) is 0 Å². The van der Waals surface area contributed by atoms with Gasteiger partial charge in [-0.25, -0.2) is 14.3 Å². The Labute approximate surface area is 169 Å². The minimum absolute atomic E-state index is 0.251. The first kappa shape index (κ1) is 20.4. The first-order chi connectivity index (χ1) is 13.6. The molecule has 2 aromatic rings. The van der Waals surface area contributed by atoms with Gasteiger partial charge in [0.1, 0.15) is 24.5 Å². The molecule has 8 nitrogen and oxygen atoms in total. The Morgan fingerprint density at radius 2 is 1.96 bits per heavy atom. The average molecular weight is 403 g/mol. The highest BCUT2D eigenvalue weighted by atomic mass is 32.2. The van der Waals surface area contributed by atoms with Crippen LogP contribution in [0.15, 0.2) is 30.6 Å². The number of nitrogen functional groups attached to an aromatic ring is 1. The number of anilines is 2. The SMILES string of the molecule is COCCOc1ccc(N)c(C(=N)c2cc(N3CCN(SC)CC3)ncn2)c1. The minimum atomic E-state index is 0.251. The molecule has 0 bridgehead atoms. The van der Waals surface area contributed by atoms with E-state index in [1.54, 1.807) is 37.3 Å². The lowest BCUT2D eigenvalue weighted by Crippen LogP contribution is -2.43. The molecule has 0 atom stereocenters. The Morgan fingerprint density at radius 1 is 1.18 bits per heavy atom. The molecule has 0 radical (unpaired) electrons. The molecule has 1 aliphatic rings. The maximum absolute atomic E-state index is 8.61. The lowest BCUT2D eigenvalue weighted by molar-refractivity contribution is 0.146. The fourth-order valence-electron chi connectivity index (χ4n) is 2.98. The Kier molecular flexibility index (Phi) is 7.07. The Balaban J connectivity index is 1.76. The monoisotopic (exact) mass is 402 g/mol. The standard InChI is InChI=1S/C19H26N6O2S/c1-26-9-10-27-14-3-4-16(20)15(11-14)19(21)17-12-18(23-13-22-17)24-5-7-25(28-2)8-6-24/h3-4,11-13,21H,5-10,20H2,1-2H3. The highest BCUT2D eigenvalue weighted by Gasteiger charge is 2.19. The van der Waals surface area contributed by atoms with Crippen LogP contribution in [0.2, 0.25) is 0 Å². The highest BCUT2D eigenvalue weighted by Crippen LogP contribution is 2.24. The van der Waals surface area contributed by atoms with Gasteiger partial charge < -0.3 is 20.1 Å². The van der Waals surface area contributed by atoms with Gasteiger partial charge in [0.05, 0.1) is 18.0 Å². The zero-order valence-corrected chi connectivity index (χ0v) is 17.0. The zero-order chi connectivity index (χ0) is 19.9. The summed E-state index contributed by atoms with van der Waals surface area (Å²) in [5.74, 6) is 1.48. The van der Waals surface area contributed by atoms with Crippen LogP contribution in [0.4, 0.5) is 11.5 Å². The third kappa shape index (κ3) is 4.92. The molecule has 3 rings (SSSR count). The van der Waals surface area contributed by atoms with Crippen molar-refractivity contribution in [1.82, 2.24) is 14.3 Å². The van der Waals surface area contributed by atoms with Gasteiger partial charge >= 0.3 is 0 Å². The quantitative estimate of drug-likeness (QED) is 0.299. The molecule has 2 heterocycles. The van der Waals surface area contributed by atoms with E-state index < -0.39 is 0 Å². The van der Waals surface area contributed by atoms with Gasteiger partial charge in [0.15, 0.2) is 0 Å². The van der Waals surface area contributed by atoms with Gasteiger partial charge in [0, 0.05) is 50.6 Å². The van der Waals surface area contributed by atoms with Crippen LogP contribution in [0.5, 0.6) is 5.75 Å². The van der Waals surface area contributed by atoms with Gasteiger partial charge in [0.2, 0.25) is 0 Å². The van der Waals surface area contributed by atoms with E-state index in [-0.39, 0.29) is 5.71 Å². The van der Waals surface area contributed by atoms with E-state index >= 15 is 0 Å². The number of piperazine rings is 1. The average Bonchev–Trinajstić information content (AvgIpc) is 2.75. The molecule has 3 N–H and O–H groups in total. The Morgan fingerprint density at radius 3 is 2.68 bits per heavy atom. The number of nitrogens with one attached hydrogen (secondary N) is 1. The maximum atomic E-state index is 8.61. The summed E-state index contributed by atoms with van der Waals surface area (Å²) in [6.45, 7) is 4.69. The van der Waals surface area contributed by atoms with E-state index in [1.807, 2.05) is 6.07 Å². The summed E-state index contributed by atoms with van der Waals surface area (Å²) < 4.78 is 13.0. The summed E-state index contributed by atoms with van der Waals surface area (Å²) in [4.78, 5) is 10.9. The van der Waals surface area contributed by atoms with Crippen LogP contribution in [0.25, 0.3) is 0 Å². The van der Waals surface area contributed by atoms with Gasteiger partial charge in [-0.2, -0.15) is 0 Å². The number of rotatable bonds is 8. The van der Waals surface area contributed by atoms with Crippen molar-refractivity contribution < 1.29 is 9.47 Å². The van der Waals surface area contributed by atoms with Crippen LogP contribution in [0, 0.1) is 5.41 Å². The van der Waals surface area contributed by atoms with Crippen molar-refractivity contribution in [3.05, 3.63) is 41.9 Å². The highest BCUT2D eigenvalue weighted by molar-refractivity contribution is 7.96. The molecule has 0 saturated carbocycles. The number of benzene rings is 1. The largest absolute Gasteiger partial charge is 0.491 e. The first-order valence-electron chi connectivity index (χ1n) is 9.09. The molecule has 0 spiro atoms. The lowest BCUT2D eigenvalue weighted by Gasteiger charge is -2.33. The molecule has 9 heteroatoms. The van der Waals surface area contributed by atoms with Crippen molar-refractivity contribution >= 4 is 29.2 Å². The van der Waals surface area contributed by atoms with Crippen LogP contribution in [0.1, 0.15) is 11.3 Å². The van der Waals surface area contributed by atoms with Crippen molar-refractivity contribution in [3.8, 4) is 5.75 Å². The fourth-order valence-corrected chi connectivity index (χ4v) is 3.51. The minimum Gasteiger partial charge on any atom is -0.491 e. The van der Waals surface area contributed by atoms with E-state index in [9.17, 15) is 0 Å². The van der Waals surface area contributed by atoms with Crippen molar-refractivity contribution in [2.24, 2.45) is 0 Å². The number of hydrogen-bond acceptors (Lipinski definition) is 9. The molecule has 1 aromatic heterocycles. The third-order valence-electron chi connectivity index (χ3n) is 4.58. The Hall–Kier alpha value is -2.36. The van der Waals surface area contributed by atoms with Gasteiger partial charge in [-0.05, 0) is 24.5 Å². The predicted octanol–water partition coefficient (Wildman–Crippen LogP) is 1.90. The van der Waals surface area contributed by atoms with Crippen molar-refractivity contribution in [2.75, 3.05) is 63.4 Å². The maximum Gasteiger partial charge on any atom is 0.132 e. The van der Waals surface area contributed by atoms with E-state index in [0.29, 0.717) is 35.9 Å². The molecular weight excluding hydrogens is 376 g/mol. The number of nitrogens with zero attached hydrogens (tertiary/aromatic N) is 4. The fraction of sp³-hybridized carbons (Fsp3) is 0.421. The molecule has 1 fully saturated rings. The predicted molar refractivity (Wildman–Crippen MR) is 113 cm³/mol. The smallest absolute Gasteiger partial charge is 0.132 e. The second-order valence-electron chi connectivity index (χ2n) is 6.33. The zero-order valence-electron chi connectivity index (χ0n) is 16.2. The van der Waals surface area contributed by atoms with Gasteiger partial charge in [-0.1, -0.05) is 11.9 Å². The van der Waals surface area contributed by atoms with E-state index in [1.165, 1.54) is 6.33 Å². The number of hydrogen-bond donors (Lipinski definition) is 2. The lowest BCUT2D eigenvalue weighted by atomic mass is 10.0. The second-order valence-corrected chi connectivity index (χ2v) is 7.21. The summed E-state index contributed by atoms with van der Waals surface area (Å²) in [6.07, 6.45) is 3.60. The van der Waals surface area contributed by atoms with Crippen LogP contribution < -0.4 is 15.4 Å². The molecule has 150 valence electrons. The molecule has 1 aliphatic heterocycles. The third-order valence-corrected chi connectivity index (χ3v) is 5.46. The molecule has 0 unspecified atom stereocenters. The second kappa shape index (κ2) is 9.72.